The highest BCUT2D eigenvalue weighted by Gasteiger charge is 2.45. The molecule has 182 valence electrons. The second-order valence-electron chi connectivity index (χ2n) is 9.21. The van der Waals surface area contributed by atoms with Crippen LogP contribution < -0.4 is 15.2 Å². The number of benzene rings is 1. The lowest BCUT2D eigenvalue weighted by Crippen LogP contribution is -2.62. The van der Waals surface area contributed by atoms with Gasteiger partial charge in [0.1, 0.15) is 6.61 Å². The first-order valence-electron chi connectivity index (χ1n) is 11.7. The summed E-state index contributed by atoms with van der Waals surface area (Å²) in [5.74, 6) is 2.53. The monoisotopic (exact) mass is 487 g/mol. The zero-order valence-corrected chi connectivity index (χ0v) is 21.0. The van der Waals surface area contributed by atoms with Crippen molar-refractivity contribution in [3.8, 4) is 11.5 Å². The van der Waals surface area contributed by atoms with E-state index in [9.17, 15) is 4.79 Å². The number of fused-ring (bicyclic) bond motifs is 4. The van der Waals surface area contributed by atoms with Gasteiger partial charge in [0.2, 0.25) is 0 Å². The van der Waals surface area contributed by atoms with Gasteiger partial charge in [0.05, 0.1) is 7.11 Å². The number of nitrogens with zero attached hydrogens (tertiary/aromatic N) is 2. The van der Waals surface area contributed by atoms with Crippen molar-refractivity contribution < 1.29 is 14.3 Å². The Hall–Kier alpha value is -1.21. The molecule has 1 aromatic rings. The molecule has 0 saturated carbocycles. The van der Waals surface area contributed by atoms with Crippen molar-refractivity contribution in [3.63, 3.8) is 0 Å². The average Bonchev–Trinajstić information content (AvgIpc) is 2.77. The van der Waals surface area contributed by atoms with E-state index in [1.807, 2.05) is 18.2 Å². The molecule has 0 aromatic heterocycles. The van der Waals surface area contributed by atoms with Crippen LogP contribution in [0.1, 0.15) is 55.8 Å². The predicted molar refractivity (Wildman–Crippen MR) is 133 cm³/mol. The topological polar surface area (TPSA) is 68.0 Å². The van der Waals surface area contributed by atoms with E-state index >= 15 is 0 Å². The summed E-state index contributed by atoms with van der Waals surface area (Å²) in [5, 5.41) is 0. The highest BCUT2D eigenvalue weighted by molar-refractivity contribution is 5.95. The van der Waals surface area contributed by atoms with E-state index < -0.39 is 0 Å². The molecule has 3 heterocycles. The van der Waals surface area contributed by atoms with Gasteiger partial charge in [0.15, 0.2) is 11.5 Å². The van der Waals surface area contributed by atoms with Crippen LogP contribution in [0.15, 0.2) is 18.2 Å². The van der Waals surface area contributed by atoms with Crippen molar-refractivity contribution in [2.45, 2.75) is 57.5 Å². The molecule has 3 aliphatic rings. The lowest BCUT2D eigenvalue weighted by atomic mass is 9.74. The second kappa shape index (κ2) is 12.3. The summed E-state index contributed by atoms with van der Waals surface area (Å²) in [7, 11) is 1.61. The Bertz CT molecular complexity index is 749. The number of halogens is 2. The average molecular weight is 489 g/mol. The van der Waals surface area contributed by atoms with Crippen molar-refractivity contribution in [3.05, 3.63) is 23.8 Å². The molecule has 0 unspecified atom stereocenters. The summed E-state index contributed by atoms with van der Waals surface area (Å²) in [5.41, 5.74) is 6.25. The molecule has 1 aromatic carbocycles. The molecule has 3 fully saturated rings. The van der Waals surface area contributed by atoms with E-state index in [1.165, 1.54) is 38.5 Å². The largest absolute Gasteiger partial charge is 0.493 e. The maximum Gasteiger partial charge on any atom is 0.254 e. The van der Waals surface area contributed by atoms with E-state index in [0.717, 1.165) is 25.7 Å². The first kappa shape index (κ1) is 27.0. The normalized spacial score (nSPS) is 26.9. The molecule has 2 N–H and O–H groups in total. The SMILES string of the molecule is CCC[C@H]1CCC[C@H]2[C@@H]3C[C@@H](CN(C(=O)c4ccc(OC)c(OCCN)c4)C3)CN12.Cl.Cl. The maximum atomic E-state index is 13.4. The van der Waals surface area contributed by atoms with Crippen LogP contribution in [0.2, 0.25) is 0 Å². The molecule has 1 amide bonds. The molecule has 3 aliphatic heterocycles. The third-order valence-electron chi connectivity index (χ3n) is 7.21. The fourth-order valence-electron chi connectivity index (χ4n) is 5.99. The lowest BCUT2D eigenvalue weighted by molar-refractivity contribution is -0.0519. The number of ether oxygens (including phenoxy) is 2. The van der Waals surface area contributed by atoms with Crippen molar-refractivity contribution in [2.75, 3.05) is 39.9 Å². The first-order valence-corrected chi connectivity index (χ1v) is 11.7. The van der Waals surface area contributed by atoms with E-state index in [4.69, 9.17) is 15.2 Å². The van der Waals surface area contributed by atoms with Gasteiger partial charge < -0.3 is 20.1 Å². The Morgan fingerprint density at radius 1 is 1.16 bits per heavy atom. The molecule has 0 aliphatic carbocycles. The molecule has 2 bridgehead atoms. The zero-order chi connectivity index (χ0) is 21.1. The molecule has 8 heteroatoms. The van der Waals surface area contributed by atoms with Gasteiger partial charge in [-0.2, -0.15) is 0 Å². The number of piperidine rings is 3. The molecule has 3 saturated heterocycles. The summed E-state index contributed by atoms with van der Waals surface area (Å²) in [6.07, 6.45) is 7.83. The van der Waals surface area contributed by atoms with Crippen LogP contribution in [0.5, 0.6) is 11.5 Å². The first-order chi connectivity index (χ1) is 14.6. The van der Waals surface area contributed by atoms with E-state index in [2.05, 4.69) is 16.7 Å². The van der Waals surface area contributed by atoms with E-state index in [-0.39, 0.29) is 30.7 Å². The number of methoxy groups -OCH3 is 1. The van der Waals surface area contributed by atoms with Crippen LogP contribution in [0.3, 0.4) is 0 Å². The second-order valence-corrected chi connectivity index (χ2v) is 9.21. The zero-order valence-electron chi connectivity index (χ0n) is 19.3. The molecular weight excluding hydrogens is 449 g/mol. The van der Waals surface area contributed by atoms with Gasteiger partial charge >= 0.3 is 0 Å². The minimum atomic E-state index is 0. The number of rotatable bonds is 7. The van der Waals surface area contributed by atoms with Gasteiger partial charge in [0.25, 0.3) is 5.91 Å². The summed E-state index contributed by atoms with van der Waals surface area (Å²) in [4.78, 5) is 18.3. The molecule has 4 atom stereocenters. The Kier molecular flexibility index (Phi) is 10.4. The number of hydrogen-bond donors (Lipinski definition) is 1. The number of amides is 1. The quantitative estimate of drug-likeness (QED) is 0.629. The Balaban J connectivity index is 0.00000181. The summed E-state index contributed by atoms with van der Waals surface area (Å²) >= 11 is 0. The molecule has 32 heavy (non-hydrogen) atoms. The minimum Gasteiger partial charge on any atom is -0.493 e. The van der Waals surface area contributed by atoms with Crippen molar-refractivity contribution in [1.29, 1.82) is 0 Å². The standard InChI is InChI=1S/C24H37N3O3.2ClH/c1-3-5-20-6-4-7-21-19-12-17(15-27(20)21)14-26(16-19)24(28)18-8-9-22(29-2)23(13-18)30-11-10-25;;/h8-9,13,17,19-21H,3-7,10-12,14-16,25H2,1-2H3;2*1H/t17-,19+,20-,21-;;/m0../s1. The van der Waals surface area contributed by atoms with Crippen molar-refractivity contribution in [2.24, 2.45) is 17.6 Å². The van der Waals surface area contributed by atoms with Crippen molar-refractivity contribution in [1.82, 2.24) is 9.80 Å². The number of hydrogen-bond acceptors (Lipinski definition) is 5. The van der Waals surface area contributed by atoms with Gasteiger partial charge in [-0.3, -0.25) is 9.69 Å². The minimum absolute atomic E-state index is 0. The molecule has 0 radical (unpaired) electrons. The van der Waals surface area contributed by atoms with E-state index in [1.54, 1.807) is 7.11 Å². The van der Waals surface area contributed by atoms with Crippen LogP contribution >= 0.6 is 24.8 Å². The fraction of sp³-hybridized carbons (Fsp3) is 0.708. The van der Waals surface area contributed by atoms with Gasteiger partial charge in [-0.15, -0.1) is 24.8 Å². The van der Waals surface area contributed by atoms with Crippen LogP contribution in [0.4, 0.5) is 0 Å². The number of carbonyl (C=O) groups excluding carboxylic acids is 1. The summed E-state index contributed by atoms with van der Waals surface area (Å²) in [6, 6.07) is 6.89. The Labute approximate surface area is 205 Å². The highest BCUT2D eigenvalue weighted by Crippen LogP contribution is 2.41. The molecule has 6 nitrogen and oxygen atoms in total. The smallest absolute Gasteiger partial charge is 0.254 e. The van der Waals surface area contributed by atoms with Crippen LogP contribution in [0, 0.1) is 11.8 Å². The van der Waals surface area contributed by atoms with Gasteiger partial charge in [0, 0.05) is 43.8 Å². The van der Waals surface area contributed by atoms with Gasteiger partial charge in [-0.05, 0) is 55.7 Å². The summed E-state index contributed by atoms with van der Waals surface area (Å²) < 4.78 is 11.1. The van der Waals surface area contributed by atoms with Crippen LogP contribution in [-0.2, 0) is 0 Å². The van der Waals surface area contributed by atoms with E-state index in [0.29, 0.717) is 48.1 Å². The molecule has 0 spiro atoms. The third kappa shape index (κ3) is 5.64. The van der Waals surface area contributed by atoms with Gasteiger partial charge in [-0.1, -0.05) is 19.8 Å². The van der Waals surface area contributed by atoms with Crippen molar-refractivity contribution >= 4 is 30.7 Å². The van der Waals surface area contributed by atoms with Crippen LogP contribution in [0.25, 0.3) is 0 Å². The van der Waals surface area contributed by atoms with Gasteiger partial charge in [-0.25, -0.2) is 0 Å². The Morgan fingerprint density at radius 2 is 1.97 bits per heavy atom. The molecular formula is C24H39Cl2N3O3. The maximum absolute atomic E-state index is 13.4. The lowest BCUT2D eigenvalue weighted by Gasteiger charge is -2.55. The van der Waals surface area contributed by atoms with Crippen LogP contribution in [-0.4, -0.2) is 67.7 Å². The number of nitrogens with two attached hydrogens (primary N) is 1. The number of likely N-dealkylation sites (tertiary alicyclic amines) is 1. The Morgan fingerprint density at radius 3 is 2.69 bits per heavy atom. The fourth-order valence-corrected chi connectivity index (χ4v) is 5.99. The third-order valence-corrected chi connectivity index (χ3v) is 7.21. The number of carbonyl (C=O) groups is 1. The predicted octanol–water partition coefficient (Wildman–Crippen LogP) is 3.99. The highest BCUT2D eigenvalue weighted by atomic mass is 35.5. The molecule has 4 rings (SSSR count). The summed E-state index contributed by atoms with van der Waals surface area (Å²) in [6.45, 7) is 6.02.